The molecule has 0 spiro atoms. The molecule has 0 radical (unpaired) electrons. The predicted molar refractivity (Wildman–Crippen MR) is 107 cm³/mol. The van der Waals surface area contributed by atoms with Crippen LogP contribution in [0.1, 0.15) is 42.7 Å². The van der Waals surface area contributed by atoms with E-state index in [0.29, 0.717) is 17.9 Å². The number of likely N-dealkylation sites (tertiary alicyclic amines) is 1. The van der Waals surface area contributed by atoms with Crippen molar-refractivity contribution in [3.8, 4) is 5.75 Å². The summed E-state index contributed by atoms with van der Waals surface area (Å²) in [7, 11) is 0. The molecule has 30 heavy (non-hydrogen) atoms. The molecule has 2 saturated heterocycles. The maximum Gasteiger partial charge on any atom is 0.295 e. The van der Waals surface area contributed by atoms with Gasteiger partial charge in [0.25, 0.3) is 11.7 Å². The molecule has 5 rings (SSSR count). The van der Waals surface area contributed by atoms with Crippen LogP contribution in [-0.4, -0.2) is 47.1 Å². The van der Waals surface area contributed by atoms with Gasteiger partial charge in [-0.05, 0) is 55.7 Å². The van der Waals surface area contributed by atoms with Gasteiger partial charge >= 0.3 is 0 Å². The van der Waals surface area contributed by atoms with Crippen molar-refractivity contribution in [1.82, 2.24) is 4.90 Å². The number of hydrogen-bond donors (Lipinski definition) is 1. The SMILES string of the molecule is CC1Cc2cc(/C(O)=C3\C(=O)C(=O)N(CC4CCCO4)C3c3ccco3)ccc2O1. The van der Waals surface area contributed by atoms with E-state index in [-0.39, 0.29) is 30.1 Å². The number of carbonyl (C=O) groups is 2. The zero-order chi connectivity index (χ0) is 20.8. The quantitative estimate of drug-likeness (QED) is 0.474. The molecule has 0 saturated carbocycles. The average molecular weight is 409 g/mol. The number of nitrogens with zero attached hydrogens (tertiary/aromatic N) is 1. The third-order valence-corrected chi connectivity index (χ3v) is 5.95. The van der Waals surface area contributed by atoms with E-state index in [0.717, 1.165) is 30.6 Å². The second kappa shape index (κ2) is 7.32. The van der Waals surface area contributed by atoms with E-state index in [1.807, 2.05) is 13.0 Å². The van der Waals surface area contributed by atoms with Gasteiger partial charge in [-0.3, -0.25) is 9.59 Å². The standard InChI is InChI=1S/C23H23NO6/c1-13-10-15-11-14(6-7-17(15)30-13)21(25)19-20(18-5-3-9-29-18)24(23(27)22(19)26)12-16-4-2-8-28-16/h3,5-7,9,11,13,16,20,25H,2,4,8,10,12H2,1H3/b21-19+. The number of carbonyl (C=O) groups excluding carboxylic acids is 2. The summed E-state index contributed by atoms with van der Waals surface area (Å²) in [4.78, 5) is 27.3. The lowest BCUT2D eigenvalue weighted by atomic mass is 9.97. The molecule has 4 heterocycles. The van der Waals surface area contributed by atoms with Crippen molar-refractivity contribution in [2.45, 2.75) is 44.4 Å². The van der Waals surface area contributed by atoms with E-state index in [1.54, 1.807) is 24.3 Å². The van der Waals surface area contributed by atoms with Gasteiger partial charge in [-0.1, -0.05) is 0 Å². The van der Waals surface area contributed by atoms with Gasteiger partial charge in [0.15, 0.2) is 0 Å². The minimum Gasteiger partial charge on any atom is -0.507 e. The Morgan fingerprint density at radius 1 is 1.27 bits per heavy atom. The summed E-state index contributed by atoms with van der Waals surface area (Å²) in [5.74, 6) is -0.345. The van der Waals surface area contributed by atoms with Crippen LogP contribution in [0.5, 0.6) is 5.75 Å². The molecule has 3 aliphatic rings. The van der Waals surface area contributed by atoms with E-state index < -0.39 is 17.7 Å². The second-order valence-corrected chi connectivity index (χ2v) is 8.06. The Labute approximate surface area is 173 Å². The van der Waals surface area contributed by atoms with Crippen LogP contribution in [0, 0.1) is 0 Å². The summed E-state index contributed by atoms with van der Waals surface area (Å²) in [6.07, 6.45) is 3.92. The number of hydrogen-bond acceptors (Lipinski definition) is 6. The highest BCUT2D eigenvalue weighted by Gasteiger charge is 2.48. The lowest BCUT2D eigenvalue weighted by Crippen LogP contribution is -2.36. The molecule has 2 fully saturated rings. The third-order valence-electron chi connectivity index (χ3n) is 5.95. The molecule has 3 atom stereocenters. The van der Waals surface area contributed by atoms with E-state index in [1.165, 1.54) is 11.2 Å². The molecular formula is C23H23NO6. The van der Waals surface area contributed by atoms with Gasteiger partial charge in [-0.2, -0.15) is 0 Å². The second-order valence-electron chi connectivity index (χ2n) is 8.06. The van der Waals surface area contributed by atoms with Crippen LogP contribution < -0.4 is 4.74 Å². The van der Waals surface area contributed by atoms with E-state index in [9.17, 15) is 14.7 Å². The Morgan fingerprint density at radius 2 is 2.13 bits per heavy atom. The zero-order valence-corrected chi connectivity index (χ0v) is 16.7. The molecule has 1 aromatic heterocycles. The summed E-state index contributed by atoms with van der Waals surface area (Å²) < 4.78 is 17.0. The van der Waals surface area contributed by atoms with Crippen molar-refractivity contribution >= 4 is 17.4 Å². The lowest BCUT2D eigenvalue weighted by Gasteiger charge is -2.25. The van der Waals surface area contributed by atoms with Crippen LogP contribution in [0.2, 0.25) is 0 Å². The van der Waals surface area contributed by atoms with Crippen LogP contribution >= 0.6 is 0 Å². The molecule has 1 N–H and O–H groups in total. The maximum atomic E-state index is 13.0. The first-order chi connectivity index (χ1) is 14.5. The average Bonchev–Trinajstić information content (AvgIpc) is 3.51. The zero-order valence-electron chi connectivity index (χ0n) is 16.7. The Morgan fingerprint density at radius 3 is 2.87 bits per heavy atom. The normalized spacial score (nSPS) is 27.5. The van der Waals surface area contributed by atoms with Crippen LogP contribution in [0.15, 0.2) is 46.6 Å². The molecule has 2 aromatic rings. The Balaban J connectivity index is 1.57. The number of rotatable bonds is 4. The summed E-state index contributed by atoms with van der Waals surface area (Å²) in [5.41, 5.74) is 1.49. The smallest absolute Gasteiger partial charge is 0.295 e. The van der Waals surface area contributed by atoms with Gasteiger partial charge in [0, 0.05) is 25.1 Å². The van der Waals surface area contributed by atoms with Crippen molar-refractivity contribution in [2.75, 3.05) is 13.2 Å². The minimum absolute atomic E-state index is 0.0415. The molecule has 156 valence electrons. The fourth-order valence-corrected chi connectivity index (χ4v) is 4.54. The van der Waals surface area contributed by atoms with Gasteiger partial charge in [0.1, 0.15) is 29.4 Å². The molecule has 3 unspecified atom stereocenters. The van der Waals surface area contributed by atoms with E-state index in [4.69, 9.17) is 13.9 Å². The summed E-state index contributed by atoms with van der Waals surface area (Å²) in [6, 6.07) is 7.95. The van der Waals surface area contributed by atoms with E-state index in [2.05, 4.69) is 0 Å². The molecule has 1 aromatic carbocycles. The first-order valence-corrected chi connectivity index (χ1v) is 10.3. The number of furan rings is 1. The molecule has 3 aliphatic heterocycles. The monoisotopic (exact) mass is 409 g/mol. The first kappa shape index (κ1) is 18.9. The largest absolute Gasteiger partial charge is 0.507 e. The molecule has 7 nitrogen and oxygen atoms in total. The first-order valence-electron chi connectivity index (χ1n) is 10.3. The van der Waals surface area contributed by atoms with E-state index >= 15 is 0 Å². The molecule has 0 aliphatic carbocycles. The number of Topliss-reactive ketones (excluding diaryl/α,β-unsaturated/α-hetero) is 1. The molecular weight excluding hydrogens is 386 g/mol. The highest BCUT2D eigenvalue weighted by Crippen LogP contribution is 2.41. The van der Waals surface area contributed by atoms with Crippen molar-refractivity contribution in [1.29, 1.82) is 0 Å². The van der Waals surface area contributed by atoms with Crippen molar-refractivity contribution in [3.63, 3.8) is 0 Å². The fraction of sp³-hybridized carbons (Fsp3) is 0.391. The van der Waals surface area contributed by atoms with Crippen molar-refractivity contribution in [3.05, 3.63) is 59.1 Å². The fourth-order valence-electron chi connectivity index (χ4n) is 4.54. The van der Waals surface area contributed by atoms with Crippen LogP contribution in [0.25, 0.3) is 5.76 Å². The van der Waals surface area contributed by atoms with Gasteiger partial charge in [-0.15, -0.1) is 0 Å². The molecule has 7 heteroatoms. The third kappa shape index (κ3) is 3.10. The number of ether oxygens (including phenoxy) is 2. The van der Waals surface area contributed by atoms with Crippen molar-refractivity contribution in [2.24, 2.45) is 0 Å². The maximum absolute atomic E-state index is 13.0. The van der Waals surface area contributed by atoms with Crippen molar-refractivity contribution < 1.29 is 28.6 Å². The number of aliphatic hydroxyl groups excluding tert-OH is 1. The van der Waals surface area contributed by atoms with Gasteiger partial charge in [0.2, 0.25) is 0 Å². The topological polar surface area (TPSA) is 89.2 Å². The minimum atomic E-state index is -0.785. The highest BCUT2D eigenvalue weighted by molar-refractivity contribution is 6.46. The van der Waals surface area contributed by atoms with Crippen LogP contribution in [0.4, 0.5) is 0 Å². The number of ketones is 1. The number of aliphatic hydroxyl groups is 1. The Kier molecular flexibility index (Phi) is 4.62. The number of benzene rings is 1. The molecule has 1 amide bonds. The number of amides is 1. The predicted octanol–water partition coefficient (Wildman–Crippen LogP) is 3.20. The van der Waals surface area contributed by atoms with Crippen LogP contribution in [-0.2, 0) is 20.7 Å². The highest BCUT2D eigenvalue weighted by atomic mass is 16.5. The van der Waals surface area contributed by atoms with Gasteiger partial charge < -0.3 is 23.9 Å². The summed E-state index contributed by atoms with van der Waals surface area (Å²) in [5, 5.41) is 11.1. The Bertz CT molecular complexity index is 1020. The Hall–Kier alpha value is -3.06. The number of fused-ring (bicyclic) bond motifs is 1. The summed E-state index contributed by atoms with van der Waals surface area (Å²) in [6.45, 7) is 2.91. The van der Waals surface area contributed by atoms with Gasteiger partial charge in [0.05, 0.1) is 17.9 Å². The lowest BCUT2D eigenvalue weighted by molar-refractivity contribution is -0.141. The molecule has 0 bridgehead atoms. The van der Waals surface area contributed by atoms with Crippen LogP contribution in [0.3, 0.4) is 0 Å². The van der Waals surface area contributed by atoms with Gasteiger partial charge in [-0.25, -0.2) is 0 Å². The summed E-state index contributed by atoms with van der Waals surface area (Å²) >= 11 is 0.